The van der Waals surface area contributed by atoms with Crippen molar-refractivity contribution in [2.24, 2.45) is 0 Å². The number of aliphatic hydroxyl groups is 1. The number of carboxylic acids is 1. The molecule has 2 N–H and O–H groups in total. The number of aliphatic carboxylic acids is 1. The molecule has 3 aliphatic carbocycles. The van der Waals surface area contributed by atoms with E-state index >= 15 is 0 Å². The van der Waals surface area contributed by atoms with E-state index in [1.54, 1.807) is 19.9 Å². The summed E-state index contributed by atoms with van der Waals surface area (Å²) in [5.41, 5.74) is 9.36. The predicted octanol–water partition coefficient (Wildman–Crippen LogP) is 16.7. The van der Waals surface area contributed by atoms with Gasteiger partial charge >= 0.3 is 52.1 Å². The molecule has 15 nitrogen and oxygen atoms in total. The van der Waals surface area contributed by atoms with E-state index < -0.39 is 90.2 Å². The summed E-state index contributed by atoms with van der Waals surface area (Å²) in [6.07, 6.45) is -6.96. The average Bonchev–Trinajstić information content (AvgIpc) is 1.27. The lowest BCUT2D eigenvalue weighted by Crippen LogP contribution is -2.29. The lowest BCUT2D eigenvalue weighted by Gasteiger charge is -2.25. The largest absolute Gasteiger partial charge is 0.523 e. The van der Waals surface area contributed by atoms with Crippen molar-refractivity contribution in [2.45, 2.75) is 158 Å². The van der Waals surface area contributed by atoms with Crippen LogP contribution in [0.5, 0.6) is 17.2 Å². The molecule has 0 radical (unpaired) electrons. The summed E-state index contributed by atoms with van der Waals surface area (Å²) in [7, 11) is -3.69. The molecule has 100 heavy (non-hydrogen) atoms. The molecule has 6 aromatic carbocycles. The second kappa shape index (κ2) is 31.5. The van der Waals surface area contributed by atoms with E-state index in [0.717, 1.165) is 164 Å². The minimum Gasteiger partial charge on any atom is -0.493 e. The van der Waals surface area contributed by atoms with Gasteiger partial charge in [0, 0.05) is 16.7 Å². The number of alkyl halides is 12. The van der Waals surface area contributed by atoms with Crippen LogP contribution in [0.3, 0.4) is 0 Å². The van der Waals surface area contributed by atoms with Gasteiger partial charge in [0.2, 0.25) is 0 Å². The Morgan fingerprint density at radius 1 is 0.480 bits per heavy atom. The number of esters is 2. The molecule has 3 saturated carbocycles. The fourth-order valence-electron chi connectivity index (χ4n) is 12.4. The Hall–Kier alpha value is -7.92. The zero-order chi connectivity index (χ0) is 72.8. The van der Waals surface area contributed by atoms with Crippen LogP contribution in [-0.4, -0.2) is 114 Å². The number of ether oxygens (including phenoxy) is 7. The van der Waals surface area contributed by atoms with Gasteiger partial charge < -0.3 is 43.4 Å². The highest BCUT2D eigenvalue weighted by Gasteiger charge is 2.49. The fraction of sp³-hybridized carbons (Fsp3) is 0.458. The number of aryl methyl sites for hydroxylation is 6. The number of hydrogen-bond acceptors (Lipinski definition) is 14. The monoisotopic (exact) mass is 1440 g/mol. The van der Waals surface area contributed by atoms with Gasteiger partial charge in [-0.05, 0) is 235 Å². The Kier molecular flexibility index (Phi) is 24.1. The number of benzene rings is 6. The highest BCUT2D eigenvalue weighted by atomic mass is 32.2. The minimum atomic E-state index is -6.15. The van der Waals surface area contributed by atoms with Crippen molar-refractivity contribution in [3.8, 4) is 50.6 Å². The summed E-state index contributed by atoms with van der Waals surface area (Å²) >= 11 is 0. The van der Waals surface area contributed by atoms with Crippen molar-refractivity contribution in [1.29, 1.82) is 0 Å². The van der Waals surface area contributed by atoms with Crippen LogP contribution in [0, 0.1) is 20.8 Å². The molecular weight excluding hydrogens is 1360 g/mol. The Morgan fingerprint density at radius 3 is 1.13 bits per heavy atom. The number of rotatable bonds is 18. The van der Waals surface area contributed by atoms with Gasteiger partial charge in [-0.1, -0.05) is 54.6 Å². The third kappa shape index (κ3) is 19.4. The first-order valence-corrected chi connectivity index (χ1v) is 33.6. The Morgan fingerprint density at radius 2 is 0.810 bits per heavy atom. The van der Waals surface area contributed by atoms with Crippen molar-refractivity contribution in [3.05, 3.63) is 158 Å². The number of hydrogen-bond donors (Lipinski definition) is 2. The van der Waals surface area contributed by atoms with Gasteiger partial charge in [0.15, 0.2) is 24.9 Å². The third-order valence-corrected chi connectivity index (χ3v) is 18.5. The number of fused-ring (bicyclic) bond motifs is 3. The molecule has 0 amide bonds. The molecule has 0 aromatic heterocycles. The molecule has 0 bridgehead atoms. The average molecular weight is 1440 g/mol. The molecule has 0 saturated heterocycles. The first kappa shape index (κ1) is 76.3. The first-order valence-electron chi connectivity index (χ1n) is 32.2. The van der Waals surface area contributed by atoms with E-state index in [9.17, 15) is 85.7 Å². The van der Waals surface area contributed by atoms with Crippen molar-refractivity contribution in [1.82, 2.24) is 0 Å². The zero-order valence-corrected chi connectivity index (χ0v) is 55.8. The first-order chi connectivity index (χ1) is 47.1. The normalized spacial score (nSPS) is 16.8. The molecule has 6 aliphatic rings. The lowest BCUT2D eigenvalue weighted by molar-refractivity contribution is -0.195. The Bertz CT molecular complexity index is 4060. The molecule has 0 spiro atoms. The van der Waals surface area contributed by atoms with Crippen LogP contribution in [0.2, 0.25) is 0 Å². The van der Waals surface area contributed by atoms with Crippen LogP contribution >= 0.6 is 0 Å². The molecule has 12 rings (SSSR count). The molecule has 3 unspecified atom stereocenters. The number of halogens is 12. The quantitative estimate of drug-likeness (QED) is 0.0356. The number of carbonyl (C=O) groups is 3. The van der Waals surface area contributed by atoms with E-state index in [1.807, 2.05) is 79.7 Å². The third-order valence-electron chi connectivity index (χ3n) is 17.5. The molecule has 3 fully saturated rings. The maximum atomic E-state index is 12.9. The second-order valence-corrected chi connectivity index (χ2v) is 26.7. The van der Waals surface area contributed by atoms with Crippen molar-refractivity contribution in [3.63, 3.8) is 0 Å². The fourth-order valence-corrected chi connectivity index (χ4v) is 12.8. The van der Waals surface area contributed by atoms with Crippen molar-refractivity contribution in [2.75, 3.05) is 53.9 Å². The second-order valence-electron chi connectivity index (χ2n) is 25.1. The molecule has 3 atom stereocenters. The predicted molar refractivity (Wildman–Crippen MR) is 340 cm³/mol. The highest BCUT2D eigenvalue weighted by molar-refractivity contribution is 7.87. The summed E-state index contributed by atoms with van der Waals surface area (Å²) < 4.78 is 204. The van der Waals surface area contributed by atoms with Gasteiger partial charge in [0.1, 0.15) is 30.5 Å². The Labute approximate surface area is 569 Å². The van der Waals surface area contributed by atoms with Crippen LogP contribution in [0.1, 0.15) is 161 Å². The van der Waals surface area contributed by atoms with Gasteiger partial charge in [-0.2, -0.15) is 61.1 Å². The van der Waals surface area contributed by atoms with Crippen LogP contribution in [0.25, 0.3) is 33.4 Å². The summed E-state index contributed by atoms with van der Waals surface area (Å²) in [4.78, 5) is 36.6. The molecule has 3 heterocycles. The number of methoxy groups -OCH3 is 2. The summed E-state index contributed by atoms with van der Waals surface area (Å²) in [5.74, 6) is 0.776. The SMILES string of the molecule is COC(=O)C(O)c1c(C)ccc(C2CC2)c1-c1ccc2c(c1)CCCO2.COC(=O)C(OCC(F)(F)F)c1c(C)ccc(C2CC2)c1-c1ccc2c(c1)CCCO2.Cc1ccc(C2CC2)c(-c2ccc3c(c2)CCCO3)c1C(OCC(F)(F)F)C(=O)O.O=S(=O)(OCC(F)(F)F)C(F)(F)F. The van der Waals surface area contributed by atoms with Gasteiger partial charge in [-0.15, -0.1) is 0 Å². The Balaban J connectivity index is 0.000000161. The summed E-state index contributed by atoms with van der Waals surface area (Å²) in [5, 5.41) is 20.4. The van der Waals surface area contributed by atoms with Crippen LogP contribution in [-0.2, 0) is 66.9 Å². The van der Waals surface area contributed by atoms with Crippen molar-refractivity contribution < 1.29 is 123 Å². The molecule has 28 heteroatoms. The minimum absolute atomic E-state index is 0.281. The van der Waals surface area contributed by atoms with Crippen LogP contribution in [0.4, 0.5) is 52.7 Å². The lowest BCUT2D eigenvalue weighted by atomic mass is 9.85. The maximum absolute atomic E-state index is 12.9. The van der Waals surface area contributed by atoms with E-state index in [2.05, 4.69) is 16.3 Å². The number of aliphatic hydroxyl groups excluding tert-OH is 1. The van der Waals surface area contributed by atoms with Crippen molar-refractivity contribution >= 4 is 28.0 Å². The number of carbonyl (C=O) groups excluding carboxylic acids is 2. The van der Waals surface area contributed by atoms with Gasteiger partial charge in [0.25, 0.3) is 0 Å². The van der Waals surface area contributed by atoms with E-state index in [-0.39, 0.29) is 5.92 Å². The van der Waals surface area contributed by atoms with Gasteiger partial charge in [-0.3, -0.25) is 4.18 Å². The van der Waals surface area contributed by atoms with Crippen LogP contribution < -0.4 is 14.2 Å². The topological polar surface area (TPSA) is 200 Å². The highest BCUT2D eigenvalue weighted by Crippen LogP contribution is 2.52. The number of carboxylic acid groups (broad SMARTS) is 1. The smallest absolute Gasteiger partial charge is 0.493 e. The van der Waals surface area contributed by atoms with E-state index in [4.69, 9.17) is 33.2 Å². The van der Waals surface area contributed by atoms with E-state index in [1.165, 1.54) is 18.2 Å². The molecule has 542 valence electrons. The van der Waals surface area contributed by atoms with Gasteiger partial charge in [0.05, 0.1) is 34.0 Å². The van der Waals surface area contributed by atoms with E-state index in [0.29, 0.717) is 58.4 Å². The molecule has 6 aromatic rings. The zero-order valence-electron chi connectivity index (χ0n) is 55.0. The summed E-state index contributed by atoms with van der Waals surface area (Å²) in [6.45, 7) is 1.88. The maximum Gasteiger partial charge on any atom is 0.523 e. The van der Waals surface area contributed by atoms with Gasteiger partial charge in [-0.25, -0.2) is 14.4 Å². The standard InChI is InChI=1S/C24H25F3O4.C23H23F3O4.C22H24O4.C3H2F6O3S/c1-14-5-9-18(15-6-7-15)21(17-8-10-19-16(12-17)4-3-11-30-19)20(14)22(23(28)29-2)31-13-24(25,26)27;1-13-4-8-17(14-5-6-14)20(16-7-9-18-15(11-16)3-2-10-29-18)19(13)21(22(27)28)30-12-23(24,25)26;1-13-5-9-17(14-6-7-14)20(19(13)21(23)22(24)25-2)16-8-10-18-15(12-16)4-3-11-26-18;4-2(5,6)1-12-13(10,11)3(7,8)9/h5,8-10,12,15,22H,3-4,6-7,11,13H2,1-2H3;4,7-9,11,14,21H,2-3,5-6,10,12H2,1H3,(H,27,28);5,8-10,12,14,21,23H,3-4,6-7,11H2,1-2H3;1H2. The molecular formula is C72H74F12O15S. The van der Waals surface area contributed by atoms with Crippen LogP contribution in [0.15, 0.2) is 91.0 Å². The summed E-state index contributed by atoms with van der Waals surface area (Å²) in [6, 6.07) is 29.5. The molecule has 3 aliphatic heterocycles.